The van der Waals surface area contributed by atoms with Crippen molar-refractivity contribution in [1.29, 1.82) is 0 Å². The topological polar surface area (TPSA) is 44.8 Å². The van der Waals surface area contributed by atoms with Gasteiger partial charge in [-0.1, -0.05) is 249 Å². The van der Waals surface area contributed by atoms with Gasteiger partial charge in [0.25, 0.3) is 8.32 Å². The van der Waals surface area contributed by atoms with Crippen molar-refractivity contribution >= 4 is 24.7 Å². The van der Waals surface area contributed by atoms with Crippen LogP contribution in [0.25, 0.3) is 0 Å². The number of unbranched alkanes of at least 4 members (excludes halogenated alkanes) is 22. The zero-order valence-corrected chi connectivity index (χ0v) is 38.1. The third kappa shape index (κ3) is 21.0. The maximum absolute atomic E-state index is 13.4. The van der Waals surface area contributed by atoms with E-state index in [1.54, 1.807) is 0 Å². The summed E-state index contributed by atoms with van der Waals surface area (Å²) in [5.41, 5.74) is 0. The smallest absolute Gasteiger partial charge is 0.306 e. The van der Waals surface area contributed by atoms with Crippen LogP contribution in [0.4, 0.5) is 0 Å². The molecule has 0 saturated carbocycles. The van der Waals surface area contributed by atoms with Crippen molar-refractivity contribution in [2.45, 2.75) is 219 Å². The molecule has 56 heavy (non-hydrogen) atoms. The van der Waals surface area contributed by atoms with Crippen LogP contribution in [0.3, 0.4) is 0 Å². The molecule has 0 N–H and O–H groups in total. The number of carbonyl (C=O) groups excluding carboxylic acids is 1. The molecule has 0 fully saturated rings. The second kappa shape index (κ2) is 31.7. The Kier molecular flexibility index (Phi) is 28.3. The number of esters is 1. The van der Waals surface area contributed by atoms with Gasteiger partial charge in [-0.3, -0.25) is 4.79 Å². The molecule has 2 unspecified atom stereocenters. The first-order valence-electron chi connectivity index (χ1n) is 23.5. The van der Waals surface area contributed by atoms with Crippen LogP contribution in [-0.2, 0) is 18.7 Å². The molecular weight excluding hydrogens is 705 g/mol. The van der Waals surface area contributed by atoms with Gasteiger partial charge in [0.1, 0.15) is 6.10 Å². The van der Waals surface area contributed by atoms with Crippen LogP contribution in [0.15, 0.2) is 73.3 Å². The van der Waals surface area contributed by atoms with E-state index in [0.29, 0.717) is 19.6 Å². The van der Waals surface area contributed by atoms with Crippen molar-refractivity contribution in [2.24, 2.45) is 0 Å². The van der Waals surface area contributed by atoms with Crippen LogP contribution in [0.1, 0.15) is 202 Å². The molecule has 2 atom stereocenters. The predicted octanol–water partition coefficient (Wildman–Crippen LogP) is 14.2. The second-order valence-electron chi connectivity index (χ2n) is 17.5. The Labute approximate surface area is 347 Å². The molecule has 0 aliphatic rings. The van der Waals surface area contributed by atoms with Crippen LogP contribution in [-0.4, -0.2) is 39.7 Å². The van der Waals surface area contributed by atoms with Gasteiger partial charge in [-0.05, 0) is 28.3 Å². The molecule has 0 bridgehead atoms. The fraction of sp³-hybridized carbons (Fsp3) is 0.706. The van der Waals surface area contributed by atoms with Crippen LogP contribution in [0.2, 0.25) is 5.04 Å². The number of hydrogen-bond donors (Lipinski definition) is 0. The van der Waals surface area contributed by atoms with Crippen LogP contribution in [0.5, 0.6) is 0 Å². The molecule has 5 heteroatoms. The SMILES string of the molecule is C=CC(CCCCCCCCCCCCC)OCC(CO[Si](c1ccccc1)(c1ccccc1)C(C)(C)C)OC(=O)CCCCCCCCCCCCCCC. The normalized spacial score (nSPS) is 13.1. The lowest BCUT2D eigenvalue weighted by molar-refractivity contribution is -0.155. The summed E-state index contributed by atoms with van der Waals surface area (Å²) >= 11 is 0. The van der Waals surface area contributed by atoms with Gasteiger partial charge < -0.3 is 13.9 Å². The highest BCUT2D eigenvalue weighted by Crippen LogP contribution is 2.37. The highest BCUT2D eigenvalue weighted by molar-refractivity contribution is 6.99. The molecule has 0 saturated heterocycles. The summed E-state index contributed by atoms with van der Waals surface area (Å²) in [6.45, 7) is 16.1. The molecule has 0 aliphatic heterocycles. The average Bonchev–Trinajstić information content (AvgIpc) is 3.20. The Morgan fingerprint density at radius 3 is 1.38 bits per heavy atom. The lowest BCUT2D eigenvalue weighted by Gasteiger charge is -2.43. The molecule has 0 amide bonds. The van der Waals surface area contributed by atoms with E-state index in [-0.39, 0.29) is 17.1 Å². The lowest BCUT2D eigenvalue weighted by Crippen LogP contribution is -2.67. The van der Waals surface area contributed by atoms with E-state index in [4.69, 9.17) is 13.9 Å². The average molecular weight is 791 g/mol. The molecule has 0 spiro atoms. The monoisotopic (exact) mass is 791 g/mol. The van der Waals surface area contributed by atoms with Crippen LogP contribution >= 0.6 is 0 Å². The van der Waals surface area contributed by atoms with Crippen molar-refractivity contribution in [3.8, 4) is 0 Å². The van der Waals surface area contributed by atoms with Gasteiger partial charge in [0, 0.05) is 6.42 Å². The molecule has 0 aromatic heterocycles. The maximum atomic E-state index is 13.4. The van der Waals surface area contributed by atoms with E-state index in [0.717, 1.165) is 25.7 Å². The predicted molar refractivity (Wildman–Crippen MR) is 245 cm³/mol. The molecule has 2 aromatic carbocycles. The van der Waals surface area contributed by atoms with Crippen molar-refractivity contribution in [3.05, 3.63) is 73.3 Å². The minimum Gasteiger partial charge on any atom is -0.457 e. The first-order chi connectivity index (χ1) is 27.3. The van der Waals surface area contributed by atoms with Crippen molar-refractivity contribution < 1.29 is 18.7 Å². The molecule has 0 heterocycles. The summed E-state index contributed by atoms with van der Waals surface area (Å²) < 4.78 is 20.0. The molecule has 0 radical (unpaired) electrons. The summed E-state index contributed by atoms with van der Waals surface area (Å²) in [7, 11) is -2.80. The summed E-state index contributed by atoms with van der Waals surface area (Å²) in [5, 5.41) is 2.27. The van der Waals surface area contributed by atoms with E-state index in [2.05, 4.69) is 102 Å². The number of carbonyl (C=O) groups is 1. The maximum Gasteiger partial charge on any atom is 0.306 e. The van der Waals surface area contributed by atoms with Gasteiger partial charge in [-0.25, -0.2) is 0 Å². The van der Waals surface area contributed by atoms with E-state index in [9.17, 15) is 4.79 Å². The quantitative estimate of drug-likeness (QED) is 0.0298. The minimum atomic E-state index is -2.80. The Balaban J connectivity index is 1.96. The fourth-order valence-corrected chi connectivity index (χ4v) is 12.7. The van der Waals surface area contributed by atoms with Crippen molar-refractivity contribution in [2.75, 3.05) is 13.2 Å². The zero-order chi connectivity index (χ0) is 40.6. The first-order valence-corrected chi connectivity index (χ1v) is 25.4. The van der Waals surface area contributed by atoms with E-state index >= 15 is 0 Å². The van der Waals surface area contributed by atoms with Gasteiger partial charge in [0.15, 0.2) is 0 Å². The molecule has 0 aliphatic carbocycles. The summed E-state index contributed by atoms with van der Waals surface area (Å²) in [4.78, 5) is 13.4. The highest BCUT2D eigenvalue weighted by Gasteiger charge is 2.50. The van der Waals surface area contributed by atoms with Crippen molar-refractivity contribution in [3.63, 3.8) is 0 Å². The van der Waals surface area contributed by atoms with Crippen LogP contribution < -0.4 is 10.4 Å². The fourth-order valence-electron chi connectivity index (χ4n) is 8.14. The first kappa shape index (κ1) is 49.9. The molecule has 2 aromatic rings. The van der Waals surface area contributed by atoms with Gasteiger partial charge >= 0.3 is 5.97 Å². The summed E-state index contributed by atoms with van der Waals surface area (Å²) in [6, 6.07) is 21.4. The van der Waals surface area contributed by atoms with Gasteiger partial charge in [0.05, 0.1) is 19.3 Å². The van der Waals surface area contributed by atoms with Crippen molar-refractivity contribution in [1.82, 2.24) is 0 Å². The Bertz CT molecular complexity index is 1170. The Hall–Kier alpha value is -2.21. The molecule has 318 valence electrons. The number of hydrogen-bond acceptors (Lipinski definition) is 4. The summed E-state index contributed by atoms with van der Waals surface area (Å²) in [5.74, 6) is -0.145. The third-order valence-corrected chi connectivity index (χ3v) is 16.5. The van der Waals surface area contributed by atoms with Gasteiger partial charge in [-0.15, -0.1) is 6.58 Å². The van der Waals surface area contributed by atoms with Gasteiger partial charge in [0.2, 0.25) is 0 Å². The molecule has 4 nitrogen and oxygen atoms in total. The minimum absolute atomic E-state index is 0.0660. The van der Waals surface area contributed by atoms with Crippen LogP contribution in [0, 0.1) is 0 Å². The molecule has 2 rings (SSSR count). The standard InChI is InChI=1S/C51H86O4Si/c1-7-10-12-14-16-18-20-21-23-25-27-29-37-43-50(52)55-47(44-53-46(9-3)38-32-28-26-24-22-19-17-15-13-11-8-2)45-54-56(51(4,5)6,48-39-33-30-34-40-48)49-41-35-31-36-42-49/h9,30-31,33-36,39-42,46-47H,3,7-8,10-29,32,37-38,43-45H2,1-2,4-6H3. The second-order valence-corrected chi connectivity index (χ2v) is 21.8. The number of benzene rings is 2. The number of ether oxygens (including phenoxy) is 2. The van der Waals surface area contributed by atoms with E-state index in [1.807, 2.05) is 6.08 Å². The number of rotatable bonds is 36. The zero-order valence-electron chi connectivity index (χ0n) is 37.1. The Morgan fingerprint density at radius 2 is 0.982 bits per heavy atom. The molecular formula is C51H86O4Si. The largest absolute Gasteiger partial charge is 0.457 e. The van der Waals surface area contributed by atoms with Gasteiger partial charge in [-0.2, -0.15) is 0 Å². The summed E-state index contributed by atoms with van der Waals surface area (Å²) in [6.07, 6.45) is 34.0. The van der Waals surface area contributed by atoms with E-state index < -0.39 is 14.4 Å². The highest BCUT2D eigenvalue weighted by atomic mass is 28.4. The van der Waals surface area contributed by atoms with E-state index in [1.165, 1.54) is 145 Å². The Morgan fingerprint density at radius 1 is 0.589 bits per heavy atom. The third-order valence-electron chi connectivity index (χ3n) is 11.5. The lowest BCUT2D eigenvalue weighted by atomic mass is 10.0.